The fraction of sp³-hybridized carbons (Fsp3) is 0.565. The van der Waals surface area contributed by atoms with E-state index in [2.05, 4.69) is 5.32 Å². The monoisotopic (exact) mass is 429 g/mol. The van der Waals surface area contributed by atoms with Crippen LogP contribution in [0.1, 0.15) is 42.5 Å². The van der Waals surface area contributed by atoms with Gasteiger partial charge in [-0.1, -0.05) is 6.07 Å². The Morgan fingerprint density at radius 2 is 2.10 bits per heavy atom. The molecule has 0 radical (unpaired) electrons. The fourth-order valence-electron chi connectivity index (χ4n) is 4.80. The van der Waals surface area contributed by atoms with Crippen LogP contribution in [0, 0.1) is 11.7 Å². The predicted octanol–water partition coefficient (Wildman–Crippen LogP) is 4.27. The number of fused-ring (bicyclic) bond motifs is 3. The first-order chi connectivity index (χ1) is 14.7. The van der Waals surface area contributed by atoms with Gasteiger partial charge in [0.2, 0.25) is 0 Å². The molecule has 2 saturated heterocycles. The number of anilines is 1. The molecule has 0 spiro atoms. The van der Waals surface area contributed by atoms with Gasteiger partial charge in [-0.05, 0) is 68.6 Å². The molecule has 1 N–H and O–H groups in total. The Morgan fingerprint density at radius 1 is 1.23 bits per heavy atom. The summed E-state index contributed by atoms with van der Waals surface area (Å²) in [6, 6.07) is 5.08. The van der Waals surface area contributed by atoms with Crippen molar-refractivity contribution in [2.45, 2.75) is 51.0 Å². The van der Waals surface area contributed by atoms with E-state index in [1.54, 1.807) is 23.5 Å². The average Bonchev–Trinajstić information content (AvgIpc) is 3.41. The Morgan fingerprint density at radius 3 is 2.90 bits per heavy atom. The van der Waals surface area contributed by atoms with Crippen LogP contribution < -0.4 is 5.32 Å². The minimum Gasteiger partial charge on any atom is -0.368 e. The summed E-state index contributed by atoms with van der Waals surface area (Å²) in [5, 5.41) is 4.45. The maximum Gasteiger partial charge on any atom is 0.251 e. The van der Waals surface area contributed by atoms with Gasteiger partial charge in [0.05, 0.1) is 5.69 Å². The molecule has 30 heavy (non-hydrogen) atoms. The molecule has 1 aromatic carbocycles. The Labute approximate surface area is 180 Å². The summed E-state index contributed by atoms with van der Waals surface area (Å²) in [7, 11) is 0. The van der Waals surface area contributed by atoms with Crippen LogP contribution in [0.3, 0.4) is 0 Å². The van der Waals surface area contributed by atoms with Crippen molar-refractivity contribution in [1.82, 2.24) is 9.88 Å². The lowest BCUT2D eigenvalue weighted by Crippen LogP contribution is -2.44. The summed E-state index contributed by atoms with van der Waals surface area (Å²) in [6.45, 7) is 3.20. The highest BCUT2D eigenvalue weighted by molar-refractivity contribution is 7.16. The zero-order valence-electron chi connectivity index (χ0n) is 17.2. The quantitative estimate of drug-likeness (QED) is 0.789. The minimum absolute atomic E-state index is 0.175. The van der Waals surface area contributed by atoms with E-state index in [4.69, 9.17) is 9.72 Å². The van der Waals surface area contributed by atoms with Gasteiger partial charge in [-0.25, -0.2) is 9.37 Å². The molecular weight excluding hydrogens is 401 g/mol. The Hall–Kier alpha value is -1.99. The largest absolute Gasteiger partial charge is 0.368 e. The topological polar surface area (TPSA) is 54.5 Å². The van der Waals surface area contributed by atoms with Crippen LogP contribution in [0.4, 0.5) is 9.52 Å². The van der Waals surface area contributed by atoms with Gasteiger partial charge in [0.25, 0.3) is 5.91 Å². The summed E-state index contributed by atoms with van der Waals surface area (Å²) in [4.78, 5) is 20.6. The number of aryl methyl sites for hydroxylation is 2. The van der Waals surface area contributed by atoms with E-state index in [-0.39, 0.29) is 17.8 Å². The standard InChI is InChI=1S/C23H28FN3O2S/c24-17-7-6-16-3-1-5-20-21(18(16)13-17)26-23(30-20)25-14-15-8-10-27(11-9-15)22(28)19-4-2-12-29-19/h6-7,13,15,19H,1-5,8-12,14H2,(H,25,26)/t19-/m1/s1. The van der Waals surface area contributed by atoms with Crippen LogP contribution in [0.5, 0.6) is 0 Å². The van der Waals surface area contributed by atoms with Gasteiger partial charge in [-0.15, -0.1) is 11.3 Å². The fourth-order valence-corrected chi connectivity index (χ4v) is 5.82. The molecule has 0 unspecified atom stereocenters. The number of nitrogens with zero attached hydrogens (tertiary/aromatic N) is 2. The van der Waals surface area contributed by atoms with E-state index in [0.717, 1.165) is 81.0 Å². The minimum atomic E-state index is -0.210. The van der Waals surface area contributed by atoms with Crippen LogP contribution in [0.15, 0.2) is 18.2 Å². The van der Waals surface area contributed by atoms with Crippen LogP contribution in [-0.4, -0.2) is 48.1 Å². The van der Waals surface area contributed by atoms with Crippen molar-refractivity contribution >= 4 is 22.4 Å². The van der Waals surface area contributed by atoms with E-state index >= 15 is 0 Å². The SMILES string of the molecule is O=C([C@H]1CCCO1)N1CCC(CNc2nc3c(s2)CCCc2ccc(F)cc2-3)CC1. The molecule has 1 aliphatic carbocycles. The smallest absolute Gasteiger partial charge is 0.251 e. The van der Waals surface area contributed by atoms with Crippen LogP contribution in [0.25, 0.3) is 11.3 Å². The van der Waals surface area contributed by atoms with Crippen molar-refractivity contribution in [3.05, 3.63) is 34.5 Å². The van der Waals surface area contributed by atoms with Crippen molar-refractivity contribution in [2.24, 2.45) is 5.92 Å². The molecule has 1 aromatic heterocycles. The maximum absolute atomic E-state index is 13.8. The Balaban J connectivity index is 1.19. The normalized spacial score (nSPS) is 21.8. The molecule has 2 aliphatic heterocycles. The number of carbonyl (C=O) groups excluding carboxylic acids is 1. The van der Waals surface area contributed by atoms with E-state index in [1.165, 1.54) is 10.4 Å². The van der Waals surface area contributed by atoms with Gasteiger partial charge in [0.1, 0.15) is 11.9 Å². The molecule has 0 bridgehead atoms. The highest BCUT2D eigenvalue weighted by atomic mass is 32.1. The average molecular weight is 430 g/mol. The van der Waals surface area contributed by atoms with E-state index in [1.807, 2.05) is 11.0 Å². The number of thiazole rings is 1. The summed E-state index contributed by atoms with van der Waals surface area (Å²) in [5.41, 5.74) is 3.09. The molecule has 3 heterocycles. The number of benzene rings is 1. The second kappa shape index (κ2) is 8.63. The number of aromatic nitrogens is 1. The first-order valence-corrected chi connectivity index (χ1v) is 11.9. The molecule has 7 heteroatoms. The second-order valence-electron chi connectivity index (χ2n) is 8.60. The zero-order chi connectivity index (χ0) is 20.5. The maximum atomic E-state index is 13.8. The number of likely N-dealkylation sites (tertiary alicyclic amines) is 1. The van der Waals surface area contributed by atoms with Gasteiger partial charge >= 0.3 is 0 Å². The third kappa shape index (κ3) is 4.10. The van der Waals surface area contributed by atoms with Gasteiger partial charge in [0, 0.05) is 36.7 Å². The van der Waals surface area contributed by atoms with Crippen molar-refractivity contribution in [3.63, 3.8) is 0 Å². The molecular formula is C23H28FN3O2S. The number of carbonyl (C=O) groups is 1. The number of piperidine rings is 1. The molecule has 5 rings (SSSR count). The summed E-state index contributed by atoms with van der Waals surface area (Å²) in [6.07, 6.45) is 6.70. The zero-order valence-corrected chi connectivity index (χ0v) is 18.0. The number of halogens is 1. The number of amides is 1. The van der Waals surface area contributed by atoms with Crippen LogP contribution >= 0.6 is 11.3 Å². The number of nitrogens with one attached hydrogen (secondary N) is 1. The highest BCUT2D eigenvalue weighted by Gasteiger charge is 2.31. The predicted molar refractivity (Wildman–Crippen MR) is 116 cm³/mol. The van der Waals surface area contributed by atoms with E-state index in [9.17, 15) is 9.18 Å². The molecule has 160 valence electrons. The van der Waals surface area contributed by atoms with Crippen LogP contribution in [0.2, 0.25) is 0 Å². The number of hydrogen-bond acceptors (Lipinski definition) is 5. The third-order valence-electron chi connectivity index (χ3n) is 6.55. The van der Waals surface area contributed by atoms with Crippen molar-refractivity contribution < 1.29 is 13.9 Å². The van der Waals surface area contributed by atoms with Crippen molar-refractivity contribution in [1.29, 1.82) is 0 Å². The summed E-state index contributed by atoms with van der Waals surface area (Å²) >= 11 is 1.70. The lowest BCUT2D eigenvalue weighted by atomic mass is 9.96. The van der Waals surface area contributed by atoms with Gasteiger partial charge in [0.15, 0.2) is 5.13 Å². The van der Waals surface area contributed by atoms with Crippen molar-refractivity contribution in [2.75, 3.05) is 31.6 Å². The third-order valence-corrected chi connectivity index (χ3v) is 7.62. The lowest BCUT2D eigenvalue weighted by molar-refractivity contribution is -0.142. The van der Waals surface area contributed by atoms with Crippen LogP contribution in [-0.2, 0) is 22.4 Å². The molecule has 2 fully saturated rings. The summed E-state index contributed by atoms with van der Waals surface area (Å²) < 4.78 is 19.4. The van der Waals surface area contributed by atoms with Crippen molar-refractivity contribution in [3.8, 4) is 11.3 Å². The lowest BCUT2D eigenvalue weighted by Gasteiger charge is -2.33. The first kappa shape index (κ1) is 19.9. The second-order valence-corrected chi connectivity index (χ2v) is 9.68. The molecule has 2 aromatic rings. The molecule has 1 amide bonds. The van der Waals surface area contributed by atoms with E-state index in [0.29, 0.717) is 12.5 Å². The molecule has 3 aliphatic rings. The number of rotatable bonds is 4. The Bertz CT molecular complexity index is 917. The first-order valence-electron chi connectivity index (χ1n) is 11.1. The summed E-state index contributed by atoms with van der Waals surface area (Å²) in [5.74, 6) is 0.508. The number of ether oxygens (including phenoxy) is 1. The molecule has 1 atom stereocenters. The highest BCUT2D eigenvalue weighted by Crippen LogP contribution is 2.37. The number of hydrogen-bond donors (Lipinski definition) is 1. The van der Waals surface area contributed by atoms with Gasteiger partial charge < -0.3 is 15.0 Å². The Kier molecular flexibility index (Phi) is 5.74. The molecule has 5 nitrogen and oxygen atoms in total. The van der Waals surface area contributed by atoms with Gasteiger partial charge in [-0.2, -0.15) is 0 Å². The van der Waals surface area contributed by atoms with Gasteiger partial charge in [-0.3, -0.25) is 4.79 Å². The molecule has 0 saturated carbocycles. The van der Waals surface area contributed by atoms with E-state index < -0.39 is 0 Å².